The second-order valence-corrected chi connectivity index (χ2v) is 9.41. The van der Waals surface area contributed by atoms with Gasteiger partial charge in [-0.15, -0.1) is 0 Å². The van der Waals surface area contributed by atoms with Gasteiger partial charge >= 0.3 is 132 Å². The fourth-order valence-corrected chi connectivity index (χ4v) is 7.78. The van der Waals surface area contributed by atoms with Gasteiger partial charge in [0.2, 0.25) is 0 Å². The molecule has 0 radical (unpaired) electrons. The Morgan fingerprint density at radius 3 is 2.50 bits per heavy atom. The number of benzene rings is 1. The molecule has 0 amide bonds. The molecule has 1 aromatic carbocycles. The van der Waals surface area contributed by atoms with Crippen LogP contribution in [0.15, 0.2) is 40.3 Å². The zero-order valence-electron chi connectivity index (χ0n) is 9.14. The number of aryl methyl sites for hydroxylation is 1. The van der Waals surface area contributed by atoms with Gasteiger partial charge in [-0.1, -0.05) is 0 Å². The summed E-state index contributed by atoms with van der Waals surface area (Å²) in [4.78, 5) is 0.238. The molecule has 0 spiro atoms. The van der Waals surface area contributed by atoms with Gasteiger partial charge in [0.1, 0.15) is 0 Å². The maximum absolute atomic E-state index is 12.5. The number of hydrogen-bond donors (Lipinski definition) is 0. The molecule has 2 aromatic rings. The molecule has 8 heteroatoms. The normalized spacial score (nSPS) is 11.9. The first kappa shape index (κ1) is 14.5. The average molecular weight is 510 g/mol. The first-order valence-corrected chi connectivity index (χ1v) is 13.9. The van der Waals surface area contributed by atoms with E-state index in [1.54, 1.807) is 37.3 Å². The average Bonchev–Trinajstić information content (AvgIpc) is 2.67. The van der Waals surface area contributed by atoms with E-state index in [0.717, 1.165) is 0 Å². The van der Waals surface area contributed by atoms with Crippen molar-refractivity contribution in [2.75, 3.05) is 0 Å². The van der Waals surface area contributed by atoms with Crippen LogP contribution in [-0.4, -0.2) is 16.4 Å². The minimum absolute atomic E-state index is 0.107. The van der Waals surface area contributed by atoms with Gasteiger partial charge in [-0.25, -0.2) is 0 Å². The Labute approximate surface area is 130 Å². The third-order valence-corrected chi connectivity index (χ3v) is 8.31. The van der Waals surface area contributed by atoms with Gasteiger partial charge in [-0.2, -0.15) is 0 Å². The van der Waals surface area contributed by atoms with Gasteiger partial charge in [-0.3, -0.25) is 0 Å². The summed E-state index contributed by atoms with van der Waals surface area (Å²) >= 11 is 7.68. The Balaban J connectivity index is 2.69. The monoisotopic (exact) mass is 509 g/mol. The zero-order valence-corrected chi connectivity index (χ0v) is 15.0. The summed E-state index contributed by atoms with van der Waals surface area (Å²) < 4.78 is 26.5. The molecule has 0 bridgehead atoms. The van der Waals surface area contributed by atoms with Crippen LogP contribution in [0.25, 0.3) is 0 Å². The Bertz CT molecular complexity index is 671. The van der Waals surface area contributed by atoms with Gasteiger partial charge in [0, 0.05) is 0 Å². The van der Waals surface area contributed by atoms with Crippen molar-refractivity contribution in [3.05, 3.63) is 41.0 Å². The predicted molar refractivity (Wildman–Crippen MR) is 73.3 cm³/mol. The Morgan fingerprint density at radius 2 is 1.94 bits per heavy atom. The maximum atomic E-state index is 12.5. The first-order valence-electron chi connectivity index (χ1n) is 4.80. The van der Waals surface area contributed by atoms with Crippen molar-refractivity contribution in [1.82, 2.24) is 7.99 Å². The number of hydrogen-bond acceptors (Lipinski definition) is 3. The van der Waals surface area contributed by atoms with E-state index < -0.39 is 27.3 Å². The number of sulfone groups is 1. The van der Waals surface area contributed by atoms with Gasteiger partial charge < -0.3 is 0 Å². The molecule has 98 valence electrons. The summed E-state index contributed by atoms with van der Waals surface area (Å²) in [6.45, 7) is 1.71. The van der Waals surface area contributed by atoms with E-state index in [9.17, 15) is 8.42 Å². The number of halogens is 3. The molecule has 4 nitrogen and oxygen atoms in total. The van der Waals surface area contributed by atoms with E-state index in [4.69, 9.17) is 11.6 Å². The molecule has 1 aromatic heterocycles. The summed E-state index contributed by atoms with van der Waals surface area (Å²) in [5.41, 5.74) is 0.544. The van der Waals surface area contributed by atoms with E-state index in [1.807, 2.05) is 0 Å². The molecule has 18 heavy (non-hydrogen) atoms. The van der Waals surface area contributed by atoms with Gasteiger partial charge in [-0.05, 0) is 0 Å². The van der Waals surface area contributed by atoms with Crippen molar-refractivity contribution in [2.45, 2.75) is 16.8 Å². The van der Waals surface area contributed by atoms with E-state index in [-0.39, 0.29) is 14.9 Å². The molecule has 0 atom stereocenters. The van der Waals surface area contributed by atoms with Gasteiger partial charge in [0.05, 0.1) is 0 Å². The Kier molecular flexibility index (Phi) is 4.55. The van der Waals surface area contributed by atoms with Crippen LogP contribution < -0.4 is 17.5 Å². The van der Waals surface area contributed by atoms with Crippen molar-refractivity contribution in [1.29, 1.82) is 0 Å². The molecule has 0 N–H and O–H groups in total. The zero-order chi connectivity index (χ0) is 13.3. The Hall–Kier alpha value is 0.130. The van der Waals surface area contributed by atoms with E-state index in [1.165, 1.54) is 2.90 Å². The van der Waals surface area contributed by atoms with Crippen LogP contribution in [0.5, 0.6) is 0 Å². The van der Waals surface area contributed by atoms with Crippen LogP contribution in [0, 0.1) is 6.92 Å². The topological polar surface area (TPSA) is 52.0 Å². The second kappa shape index (κ2) is 5.63. The van der Waals surface area contributed by atoms with Gasteiger partial charge in [0.25, 0.3) is 0 Å². The van der Waals surface area contributed by atoms with Crippen molar-refractivity contribution < 1.29 is 25.9 Å². The molecular weight excluding hydrogens is 501 g/mol. The third-order valence-electron chi connectivity index (χ3n) is 2.28. The summed E-state index contributed by atoms with van der Waals surface area (Å²) in [5.74, 6) is 0. The van der Waals surface area contributed by atoms with Crippen molar-refractivity contribution in [3.63, 3.8) is 0 Å². The van der Waals surface area contributed by atoms with Crippen molar-refractivity contribution in [3.8, 4) is 0 Å². The third kappa shape index (κ3) is 2.54. The van der Waals surface area contributed by atoms with Crippen molar-refractivity contribution >= 4 is 40.1 Å². The van der Waals surface area contributed by atoms with Crippen LogP contribution in [0.1, 0.15) is 5.69 Å². The fraction of sp³-hybridized carbons (Fsp3) is 0.100. The fourth-order valence-electron chi connectivity index (χ4n) is 1.43. The predicted octanol–water partition coefficient (Wildman–Crippen LogP) is -0.120. The molecule has 0 aliphatic rings. The molecule has 0 saturated heterocycles. The molecule has 0 fully saturated rings. The number of aromatic nitrogens is 2. The molecule has 0 saturated carbocycles. The summed E-state index contributed by atoms with van der Waals surface area (Å²) in [7, 11) is -3.60. The van der Waals surface area contributed by atoms with E-state index >= 15 is 0 Å². The number of nitrogens with zero attached hydrogens (tertiary/aromatic N) is 2. The number of rotatable bonds is 3. The van der Waals surface area contributed by atoms with Crippen LogP contribution in [-0.2, 0) is 9.84 Å². The minimum atomic E-state index is -3.60. The van der Waals surface area contributed by atoms with E-state index in [2.05, 4.69) is 23.7 Å². The van der Waals surface area contributed by atoms with Crippen LogP contribution >= 0.6 is 30.2 Å². The molecule has 1 heterocycles. The second-order valence-electron chi connectivity index (χ2n) is 3.45. The summed E-state index contributed by atoms with van der Waals surface area (Å²) in [6.07, 6.45) is 0. The quantitative estimate of drug-likeness (QED) is 0.543. The molecule has 0 aliphatic heterocycles. The Morgan fingerprint density at radius 1 is 1.33 bits per heavy atom. The van der Waals surface area contributed by atoms with Crippen LogP contribution in [0.4, 0.5) is 0 Å². The summed E-state index contributed by atoms with van der Waals surface area (Å²) in [5, 5.41) is 4.49. The SMILES string of the molecule is Cc1nn([I-]I)c(S(=O)(=O)c2ccccc2)c1Cl. The van der Waals surface area contributed by atoms with E-state index in [0.29, 0.717) is 5.69 Å². The molecule has 0 aliphatic carbocycles. The van der Waals surface area contributed by atoms with Gasteiger partial charge in [0.15, 0.2) is 0 Å². The molecular formula is C10H8ClI2N2O2S-. The first-order chi connectivity index (χ1) is 8.48. The van der Waals surface area contributed by atoms with Crippen molar-refractivity contribution in [2.24, 2.45) is 0 Å². The van der Waals surface area contributed by atoms with Crippen LogP contribution in [0.3, 0.4) is 0 Å². The standard InChI is InChI=1S/C10H8ClI2N2O2S/c1-7-9(11)10(15(13-12)14-7)18(16,17)8-5-3-2-4-6-8/h2-6H,1H3/q-1. The molecule has 0 unspecified atom stereocenters. The summed E-state index contributed by atoms with van der Waals surface area (Å²) in [6, 6.07) is 8.27. The van der Waals surface area contributed by atoms with Crippen LogP contribution in [0.2, 0.25) is 5.02 Å². The molecule has 2 rings (SSSR count).